The van der Waals surface area contributed by atoms with Gasteiger partial charge < -0.3 is 29.2 Å². The maximum atomic E-state index is 12.9. The van der Waals surface area contributed by atoms with Gasteiger partial charge in [-0.1, -0.05) is 12.1 Å². The van der Waals surface area contributed by atoms with Crippen LogP contribution in [0.2, 0.25) is 0 Å². The number of fused-ring (bicyclic) bond motifs is 1. The maximum Gasteiger partial charge on any atom is 0.265 e. The van der Waals surface area contributed by atoms with Crippen molar-refractivity contribution in [2.24, 2.45) is 0 Å². The zero-order valence-corrected chi connectivity index (χ0v) is 20.0. The Morgan fingerprint density at radius 3 is 2.49 bits per heavy atom. The molecule has 0 bridgehead atoms. The van der Waals surface area contributed by atoms with Gasteiger partial charge in [0.15, 0.2) is 6.61 Å². The second-order valence-corrected chi connectivity index (χ2v) is 8.09. The van der Waals surface area contributed by atoms with Gasteiger partial charge in [-0.2, -0.15) is 0 Å². The fourth-order valence-corrected chi connectivity index (χ4v) is 3.78. The van der Waals surface area contributed by atoms with E-state index < -0.39 is 0 Å². The van der Waals surface area contributed by atoms with Gasteiger partial charge in [-0.25, -0.2) is 0 Å². The second kappa shape index (κ2) is 10.8. The number of rotatable bonds is 9. The molecule has 0 radical (unpaired) electrons. The molecule has 3 aromatic rings. The Morgan fingerprint density at radius 1 is 1.00 bits per heavy atom. The lowest BCUT2D eigenvalue weighted by Crippen LogP contribution is -2.39. The average Bonchev–Trinajstić information content (AvgIpc) is 2.87. The highest BCUT2D eigenvalue weighted by atomic mass is 16.5. The van der Waals surface area contributed by atoms with E-state index in [9.17, 15) is 9.59 Å². The molecular weight excluding hydrogens is 448 g/mol. The molecule has 0 saturated heterocycles. The van der Waals surface area contributed by atoms with Crippen LogP contribution in [0.25, 0.3) is 0 Å². The van der Waals surface area contributed by atoms with Crippen molar-refractivity contribution in [2.45, 2.75) is 13.3 Å². The normalized spacial score (nSPS) is 12.4. The van der Waals surface area contributed by atoms with Crippen LogP contribution in [0.15, 0.2) is 60.7 Å². The summed E-state index contributed by atoms with van der Waals surface area (Å²) in [6, 6.07) is 18.0. The number of amides is 2. The summed E-state index contributed by atoms with van der Waals surface area (Å²) >= 11 is 0. The van der Waals surface area contributed by atoms with Gasteiger partial charge in [-0.3, -0.25) is 9.59 Å². The molecule has 0 spiro atoms. The number of methoxy groups -OCH3 is 2. The molecule has 0 saturated carbocycles. The van der Waals surface area contributed by atoms with Crippen molar-refractivity contribution in [1.29, 1.82) is 0 Å². The van der Waals surface area contributed by atoms with E-state index in [1.54, 1.807) is 41.3 Å². The molecule has 1 aliphatic heterocycles. The lowest BCUT2D eigenvalue weighted by Gasteiger charge is -2.30. The van der Waals surface area contributed by atoms with Crippen LogP contribution in [-0.2, 0) is 4.79 Å². The molecule has 1 N–H and O–H groups in total. The minimum absolute atomic E-state index is 0.0267. The first kappa shape index (κ1) is 23.9. The first-order chi connectivity index (χ1) is 17.0. The summed E-state index contributed by atoms with van der Waals surface area (Å²) in [6.07, 6.45) is 0.638. The summed E-state index contributed by atoms with van der Waals surface area (Å²) in [5.41, 5.74) is 2.66. The van der Waals surface area contributed by atoms with E-state index in [1.165, 1.54) is 14.2 Å². The lowest BCUT2D eigenvalue weighted by atomic mass is 10.1. The van der Waals surface area contributed by atoms with Crippen LogP contribution >= 0.6 is 0 Å². The summed E-state index contributed by atoms with van der Waals surface area (Å²) in [6.45, 7) is 2.92. The van der Waals surface area contributed by atoms with Crippen LogP contribution in [0.3, 0.4) is 0 Å². The molecule has 0 fully saturated rings. The van der Waals surface area contributed by atoms with E-state index in [0.29, 0.717) is 53.8 Å². The fourth-order valence-electron chi connectivity index (χ4n) is 3.78. The van der Waals surface area contributed by atoms with E-state index in [4.69, 9.17) is 18.9 Å². The number of carbonyl (C=O) groups excluding carboxylic acids is 2. The molecule has 4 rings (SSSR count). The molecule has 0 unspecified atom stereocenters. The quantitative estimate of drug-likeness (QED) is 0.459. The monoisotopic (exact) mass is 476 g/mol. The third-order valence-corrected chi connectivity index (χ3v) is 5.56. The molecule has 1 heterocycles. The number of carbonyl (C=O) groups is 2. The predicted octanol–water partition coefficient (Wildman–Crippen LogP) is 4.46. The van der Waals surface area contributed by atoms with Gasteiger partial charge in [0.05, 0.1) is 26.5 Å². The van der Waals surface area contributed by atoms with Gasteiger partial charge in [-0.05, 0) is 61.4 Å². The lowest BCUT2D eigenvalue weighted by molar-refractivity contribution is -0.121. The predicted molar refractivity (Wildman–Crippen MR) is 133 cm³/mol. The molecule has 2 amide bonds. The van der Waals surface area contributed by atoms with Gasteiger partial charge in [0, 0.05) is 23.9 Å². The first-order valence-corrected chi connectivity index (χ1v) is 11.3. The van der Waals surface area contributed by atoms with Crippen molar-refractivity contribution in [2.75, 3.05) is 44.2 Å². The van der Waals surface area contributed by atoms with Crippen molar-refractivity contribution in [3.8, 4) is 23.0 Å². The third kappa shape index (κ3) is 5.84. The number of anilines is 2. The number of ether oxygens (including phenoxy) is 4. The van der Waals surface area contributed by atoms with Gasteiger partial charge in [0.25, 0.3) is 11.8 Å². The van der Waals surface area contributed by atoms with Crippen LogP contribution in [0.1, 0.15) is 22.3 Å². The smallest absolute Gasteiger partial charge is 0.265 e. The number of hydrogen-bond acceptors (Lipinski definition) is 6. The van der Waals surface area contributed by atoms with Gasteiger partial charge in [-0.15, -0.1) is 0 Å². The highest BCUT2D eigenvalue weighted by Gasteiger charge is 2.26. The van der Waals surface area contributed by atoms with Crippen molar-refractivity contribution in [3.05, 3.63) is 71.8 Å². The Balaban J connectivity index is 1.45. The second-order valence-electron chi connectivity index (χ2n) is 8.09. The Hall–Kier alpha value is -4.20. The minimum Gasteiger partial charge on any atom is -0.497 e. The van der Waals surface area contributed by atoms with Crippen LogP contribution in [0, 0.1) is 6.92 Å². The fraction of sp³-hybridized carbons (Fsp3) is 0.259. The summed E-state index contributed by atoms with van der Waals surface area (Å²) in [5, 5.41) is 2.87. The standard InChI is InChI=1S/C27H28N2O6/c1-18-6-4-7-21(12-18)34-11-5-10-29-24-15-20(8-9-25(24)35-17-26(29)30)28-27(31)19-13-22(32-2)16-23(14-19)33-3/h4,6-9,12-16H,5,10-11,17H2,1-3H3,(H,28,31). The van der Waals surface area contributed by atoms with Gasteiger partial charge >= 0.3 is 0 Å². The Labute approximate surface area is 204 Å². The highest BCUT2D eigenvalue weighted by Crippen LogP contribution is 2.35. The number of hydrogen-bond donors (Lipinski definition) is 1. The third-order valence-electron chi connectivity index (χ3n) is 5.56. The molecule has 0 aromatic heterocycles. The number of benzene rings is 3. The summed E-state index contributed by atoms with van der Waals surface area (Å²) < 4.78 is 21.9. The summed E-state index contributed by atoms with van der Waals surface area (Å²) in [7, 11) is 3.05. The maximum absolute atomic E-state index is 12.9. The highest BCUT2D eigenvalue weighted by molar-refractivity contribution is 6.06. The molecule has 0 aliphatic carbocycles. The van der Waals surface area contributed by atoms with E-state index in [1.807, 2.05) is 31.2 Å². The Morgan fingerprint density at radius 2 is 1.77 bits per heavy atom. The first-order valence-electron chi connectivity index (χ1n) is 11.3. The van der Waals surface area contributed by atoms with E-state index >= 15 is 0 Å². The Bertz CT molecular complexity index is 1200. The zero-order valence-electron chi connectivity index (χ0n) is 20.0. The molecule has 1 aliphatic rings. The minimum atomic E-state index is -0.330. The molecule has 35 heavy (non-hydrogen) atoms. The van der Waals surface area contributed by atoms with Crippen molar-refractivity contribution < 1.29 is 28.5 Å². The Kier molecular flexibility index (Phi) is 7.40. The SMILES string of the molecule is COc1cc(OC)cc(C(=O)Nc2ccc3c(c2)N(CCCOc2cccc(C)c2)C(=O)CO3)c1. The number of nitrogens with zero attached hydrogens (tertiary/aromatic N) is 1. The van der Waals surface area contributed by atoms with Crippen LogP contribution < -0.4 is 29.2 Å². The number of aryl methyl sites for hydroxylation is 1. The summed E-state index contributed by atoms with van der Waals surface area (Å²) in [4.78, 5) is 27.2. The van der Waals surface area contributed by atoms with Gasteiger partial charge in [0.1, 0.15) is 23.0 Å². The van der Waals surface area contributed by atoms with Gasteiger partial charge in [0.2, 0.25) is 0 Å². The van der Waals surface area contributed by atoms with Crippen LogP contribution in [0.5, 0.6) is 23.0 Å². The largest absolute Gasteiger partial charge is 0.497 e. The molecular formula is C27H28N2O6. The van der Waals surface area contributed by atoms with Crippen LogP contribution in [0.4, 0.5) is 11.4 Å². The molecule has 8 heteroatoms. The van der Waals surface area contributed by atoms with Crippen molar-refractivity contribution >= 4 is 23.2 Å². The van der Waals surface area contributed by atoms with E-state index in [2.05, 4.69) is 5.32 Å². The summed E-state index contributed by atoms with van der Waals surface area (Å²) in [5.74, 6) is 1.94. The van der Waals surface area contributed by atoms with E-state index in [0.717, 1.165) is 11.3 Å². The van der Waals surface area contributed by atoms with Crippen LogP contribution in [-0.4, -0.2) is 45.8 Å². The van der Waals surface area contributed by atoms with Crippen molar-refractivity contribution in [1.82, 2.24) is 0 Å². The van der Waals surface area contributed by atoms with Crippen molar-refractivity contribution in [3.63, 3.8) is 0 Å². The number of nitrogens with one attached hydrogen (secondary N) is 1. The molecule has 0 atom stereocenters. The molecule has 3 aromatic carbocycles. The topological polar surface area (TPSA) is 86.3 Å². The average molecular weight is 477 g/mol. The zero-order chi connectivity index (χ0) is 24.8. The van der Waals surface area contributed by atoms with E-state index in [-0.39, 0.29) is 18.4 Å². The molecule has 8 nitrogen and oxygen atoms in total. The molecule has 182 valence electrons.